The molecule has 0 bridgehead atoms. The number of benzene rings is 1. The first-order chi connectivity index (χ1) is 11.1. The van der Waals surface area contributed by atoms with Crippen LogP contribution in [0.5, 0.6) is 0 Å². The minimum absolute atomic E-state index is 0.0957. The molecule has 3 aromatic rings. The zero-order chi connectivity index (χ0) is 16.2. The Morgan fingerprint density at radius 1 is 1.30 bits per heavy atom. The van der Waals surface area contributed by atoms with E-state index < -0.39 is 5.82 Å². The number of hydrogen-bond donors (Lipinski definition) is 1. The molecule has 0 aliphatic carbocycles. The summed E-state index contributed by atoms with van der Waals surface area (Å²) in [6.45, 7) is 0. The number of nitrogens with zero attached hydrogens (tertiary/aromatic N) is 3. The molecule has 0 fully saturated rings. The van der Waals surface area contributed by atoms with Crippen molar-refractivity contribution in [2.24, 2.45) is 7.05 Å². The van der Waals surface area contributed by atoms with Crippen molar-refractivity contribution in [1.82, 2.24) is 14.8 Å². The number of para-hydroxylation sites is 1. The number of thioether (sulfide) groups is 1. The molecular formula is C15H13FN4O2S. The maximum atomic E-state index is 13.5. The second kappa shape index (κ2) is 6.66. The molecule has 8 heteroatoms. The summed E-state index contributed by atoms with van der Waals surface area (Å²) in [6, 6.07) is 9.57. The van der Waals surface area contributed by atoms with Gasteiger partial charge in [0.05, 0.1) is 17.7 Å². The van der Waals surface area contributed by atoms with E-state index in [0.717, 1.165) is 0 Å². The Labute approximate surface area is 135 Å². The van der Waals surface area contributed by atoms with Crippen molar-refractivity contribution in [1.29, 1.82) is 0 Å². The summed E-state index contributed by atoms with van der Waals surface area (Å²) in [5, 5.41) is 11.2. The van der Waals surface area contributed by atoms with Crippen LogP contribution in [0.2, 0.25) is 0 Å². The average Bonchev–Trinajstić information content (AvgIpc) is 3.17. The molecule has 0 atom stereocenters. The second-order valence-electron chi connectivity index (χ2n) is 4.66. The Kier molecular flexibility index (Phi) is 4.42. The van der Waals surface area contributed by atoms with E-state index in [1.807, 2.05) is 0 Å². The van der Waals surface area contributed by atoms with Gasteiger partial charge in [-0.1, -0.05) is 23.9 Å². The number of hydrogen-bond acceptors (Lipinski definition) is 5. The van der Waals surface area contributed by atoms with Crippen molar-refractivity contribution < 1.29 is 13.6 Å². The van der Waals surface area contributed by atoms with Gasteiger partial charge in [0.15, 0.2) is 16.7 Å². The lowest BCUT2D eigenvalue weighted by molar-refractivity contribution is -0.113. The number of aromatic nitrogens is 3. The van der Waals surface area contributed by atoms with Gasteiger partial charge in [-0.05, 0) is 24.3 Å². The lowest BCUT2D eigenvalue weighted by Crippen LogP contribution is -2.15. The fourth-order valence-corrected chi connectivity index (χ4v) is 2.65. The van der Waals surface area contributed by atoms with E-state index in [4.69, 9.17) is 4.42 Å². The van der Waals surface area contributed by atoms with Gasteiger partial charge in [0.1, 0.15) is 5.82 Å². The molecule has 0 spiro atoms. The molecule has 0 radical (unpaired) electrons. The van der Waals surface area contributed by atoms with E-state index in [1.54, 1.807) is 42.1 Å². The summed E-state index contributed by atoms with van der Waals surface area (Å²) in [5.41, 5.74) is 0.160. The van der Waals surface area contributed by atoms with Gasteiger partial charge in [-0.25, -0.2) is 4.39 Å². The average molecular weight is 332 g/mol. The monoisotopic (exact) mass is 332 g/mol. The number of furan rings is 1. The molecule has 1 amide bonds. The Morgan fingerprint density at radius 3 is 2.87 bits per heavy atom. The first-order valence-electron chi connectivity index (χ1n) is 6.75. The lowest BCUT2D eigenvalue weighted by atomic mass is 10.3. The van der Waals surface area contributed by atoms with E-state index in [0.29, 0.717) is 16.7 Å². The fraction of sp³-hybridized carbons (Fsp3) is 0.133. The van der Waals surface area contributed by atoms with Crippen LogP contribution in [0.25, 0.3) is 11.6 Å². The van der Waals surface area contributed by atoms with Crippen LogP contribution in [0.4, 0.5) is 10.1 Å². The molecule has 0 aliphatic heterocycles. The van der Waals surface area contributed by atoms with Crippen LogP contribution >= 0.6 is 11.8 Å². The standard InChI is InChI=1S/C15H13FN4O2S/c1-20-14(12-7-4-8-22-12)18-19-15(20)23-9-13(21)17-11-6-3-2-5-10(11)16/h2-8H,9H2,1H3,(H,17,21). The van der Waals surface area contributed by atoms with Crippen LogP contribution < -0.4 is 5.32 Å². The Bertz CT molecular complexity index is 817. The van der Waals surface area contributed by atoms with Crippen molar-refractivity contribution in [3.8, 4) is 11.6 Å². The molecule has 118 valence electrons. The molecule has 2 aromatic heterocycles. The normalized spacial score (nSPS) is 10.7. The third-order valence-electron chi connectivity index (χ3n) is 3.06. The number of carbonyl (C=O) groups excluding carboxylic acids is 1. The van der Waals surface area contributed by atoms with E-state index in [-0.39, 0.29) is 17.3 Å². The maximum absolute atomic E-state index is 13.5. The first-order valence-corrected chi connectivity index (χ1v) is 7.74. The van der Waals surface area contributed by atoms with Crippen LogP contribution in [0.15, 0.2) is 52.2 Å². The van der Waals surface area contributed by atoms with Crippen LogP contribution in [0, 0.1) is 5.82 Å². The number of anilines is 1. The number of halogens is 1. The molecule has 0 unspecified atom stereocenters. The summed E-state index contributed by atoms with van der Waals surface area (Å²) in [5.74, 6) is 0.486. The van der Waals surface area contributed by atoms with Crippen molar-refractivity contribution in [3.63, 3.8) is 0 Å². The van der Waals surface area contributed by atoms with Crippen LogP contribution in [0.3, 0.4) is 0 Å². The molecule has 6 nitrogen and oxygen atoms in total. The summed E-state index contributed by atoms with van der Waals surface area (Å²) in [7, 11) is 1.79. The topological polar surface area (TPSA) is 73.0 Å². The van der Waals surface area contributed by atoms with Gasteiger partial charge in [0, 0.05) is 7.05 Å². The molecule has 23 heavy (non-hydrogen) atoms. The summed E-state index contributed by atoms with van der Waals surface area (Å²) >= 11 is 1.21. The predicted octanol–water partition coefficient (Wildman–Crippen LogP) is 2.95. The van der Waals surface area contributed by atoms with Crippen molar-refractivity contribution in [3.05, 3.63) is 48.5 Å². The Balaban J connectivity index is 1.63. The van der Waals surface area contributed by atoms with Gasteiger partial charge in [-0.2, -0.15) is 0 Å². The zero-order valence-electron chi connectivity index (χ0n) is 12.2. The number of carbonyl (C=O) groups is 1. The minimum atomic E-state index is -0.468. The highest BCUT2D eigenvalue weighted by atomic mass is 32.2. The summed E-state index contributed by atoms with van der Waals surface area (Å²) in [4.78, 5) is 11.9. The lowest BCUT2D eigenvalue weighted by Gasteiger charge is -2.06. The molecule has 0 saturated carbocycles. The van der Waals surface area contributed by atoms with Crippen molar-refractivity contribution >= 4 is 23.4 Å². The Morgan fingerprint density at radius 2 is 2.13 bits per heavy atom. The largest absolute Gasteiger partial charge is 0.461 e. The van der Waals surface area contributed by atoms with E-state index in [9.17, 15) is 9.18 Å². The Hall–Kier alpha value is -2.61. The summed E-state index contributed by atoms with van der Waals surface area (Å²) < 4.78 is 20.5. The van der Waals surface area contributed by atoms with Gasteiger partial charge >= 0.3 is 0 Å². The predicted molar refractivity (Wildman–Crippen MR) is 84.5 cm³/mol. The van der Waals surface area contributed by atoms with Crippen LogP contribution in [-0.4, -0.2) is 26.4 Å². The van der Waals surface area contributed by atoms with E-state index in [2.05, 4.69) is 15.5 Å². The SMILES string of the molecule is Cn1c(SCC(=O)Nc2ccccc2F)nnc1-c1ccco1. The molecule has 3 rings (SSSR count). The molecular weight excluding hydrogens is 319 g/mol. The van der Waals surface area contributed by atoms with Gasteiger partial charge in [-0.15, -0.1) is 10.2 Å². The summed E-state index contributed by atoms with van der Waals surface area (Å²) in [6.07, 6.45) is 1.55. The van der Waals surface area contributed by atoms with Crippen molar-refractivity contribution in [2.75, 3.05) is 11.1 Å². The molecule has 0 aliphatic rings. The van der Waals surface area contributed by atoms with Crippen LogP contribution in [-0.2, 0) is 11.8 Å². The van der Waals surface area contributed by atoms with Crippen molar-refractivity contribution in [2.45, 2.75) is 5.16 Å². The molecule has 2 heterocycles. The smallest absolute Gasteiger partial charge is 0.234 e. The number of amides is 1. The van der Waals surface area contributed by atoms with Gasteiger partial charge < -0.3 is 14.3 Å². The van der Waals surface area contributed by atoms with E-state index >= 15 is 0 Å². The third-order valence-corrected chi connectivity index (χ3v) is 4.08. The molecule has 1 aromatic carbocycles. The fourth-order valence-electron chi connectivity index (χ4n) is 1.94. The second-order valence-corrected chi connectivity index (χ2v) is 5.60. The highest BCUT2D eigenvalue weighted by Crippen LogP contribution is 2.23. The maximum Gasteiger partial charge on any atom is 0.234 e. The number of rotatable bonds is 5. The highest BCUT2D eigenvalue weighted by molar-refractivity contribution is 7.99. The molecule has 0 saturated heterocycles. The highest BCUT2D eigenvalue weighted by Gasteiger charge is 2.15. The van der Waals surface area contributed by atoms with E-state index in [1.165, 1.54) is 23.9 Å². The third kappa shape index (κ3) is 3.42. The van der Waals surface area contributed by atoms with Gasteiger partial charge in [0.2, 0.25) is 5.91 Å². The van der Waals surface area contributed by atoms with Gasteiger partial charge in [0.25, 0.3) is 0 Å². The van der Waals surface area contributed by atoms with Gasteiger partial charge in [-0.3, -0.25) is 4.79 Å². The van der Waals surface area contributed by atoms with Crippen LogP contribution in [0.1, 0.15) is 0 Å². The minimum Gasteiger partial charge on any atom is -0.461 e. The quantitative estimate of drug-likeness (QED) is 0.727. The zero-order valence-corrected chi connectivity index (χ0v) is 13.0. The number of nitrogens with one attached hydrogen (secondary N) is 1. The molecule has 1 N–H and O–H groups in total. The first kappa shape index (κ1) is 15.3.